The molecule has 3 aromatic rings. The van der Waals surface area contributed by atoms with Crippen molar-refractivity contribution in [1.29, 1.82) is 0 Å². The summed E-state index contributed by atoms with van der Waals surface area (Å²) >= 11 is 12.1. The number of hydrogen-bond acceptors (Lipinski definition) is 5. The predicted molar refractivity (Wildman–Crippen MR) is 108 cm³/mol. The molecule has 2 aromatic carbocycles. The number of carbonyl (C=O) groups is 1. The highest BCUT2D eigenvalue weighted by molar-refractivity contribution is 6.35. The van der Waals surface area contributed by atoms with Crippen molar-refractivity contribution in [1.82, 2.24) is 9.88 Å². The third-order valence-corrected chi connectivity index (χ3v) is 5.97. The highest BCUT2D eigenvalue weighted by Gasteiger charge is 2.39. The second kappa shape index (κ2) is 7.07. The minimum Gasteiger partial charge on any atom is -0.457 e. The summed E-state index contributed by atoms with van der Waals surface area (Å²) < 4.78 is 11.7. The van der Waals surface area contributed by atoms with E-state index in [0.717, 1.165) is 25.9 Å². The topological polar surface area (TPSA) is 55.6 Å². The van der Waals surface area contributed by atoms with Crippen molar-refractivity contribution in [2.75, 3.05) is 13.1 Å². The van der Waals surface area contributed by atoms with E-state index in [1.54, 1.807) is 36.4 Å². The first-order valence-electron chi connectivity index (χ1n) is 9.39. The summed E-state index contributed by atoms with van der Waals surface area (Å²) in [6.45, 7) is 2.12. The van der Waals surface area contributed by atoms with Crippen molar-refractivity contribution >= 4 is 40.3 Å². The quantitative estimate of drug-likeness (QED) is 0.549. The van der Waals surface area contributed by atoms with Crippen LogP contribution in [0.4, 0.5) is 0 Å². The van der Waals surface area contributed by atoms with Crippen LogP contribution in [-0.4, -0.2) is 41.1 Å². The zero-order valence-electron chi connectivity index (χ0n) is 15.0. The van der Waals surface area contributed by atoms with E-state index in [4.69, 9.17) is 32.4 Å². The van der Waals surface area contributed by atoms with E-state index in [1.165, 1.54) is 6.42 Å². The smallest absolute Gasteiger partial charge is 0.338 e. The van der Waals surface area contributed by atoms with Gasteiger partial charge in [0.2, 0.25) is 5.89 Å². The largest absolute Gasteiger partial charge is 0.457 e. The van der Waals surface area contributed by atoms with Gasteiger partial charge in [-0.1, -0.05) is 23.2 Å². The number of halogens is 2. The molecule has 0 amide bonds. The number of fused-ring (bicyclic) bond motifs is 2. The van der Waals surface area contributed by atoms with Gasteiger partial charge in [-0.05, 0) is 62.2 Å². The zero-order valence-corrected chi connectivity index (χ0v) is 16.5. The third-order valence-electron chi connectivity index (χ3n) is 5.54. The molecule has 2 saturated heterocycles. The molecule has 3 heterocycles. The Hall–Kier alpha value is -2.08. The van der Waals surface area contributed by atoms with E-state index in [9.17, 15) is 4.79 Å². The van der Waals surface area contributed by atoms with Gasteiger partial charge in [-0.2, -0.15) is 0 Å². The van der Waals surface area contributed by atoms with Crippen LogP contribution in [0.2, 0.25) is 10.0 Å². The van der Waals surface area contributed by atoms with Crippen molar-refractivity contribution in [2.45, 2.75) is 31.4 Å². The molecule has 0 spiro atoms. The highest BCUT2D eigenvalue weighted by Crippen LogP contribution is 2.32. The number of benzene rings is 2. The monoisotopic (exact) mass is 416 g/mol. The summed E-state index contributed by atoms with van der Waals surface area (Å²) in [7, 11) is 0. The Labute approximate surface area is 172 Å². The Morgan fingerprint density at radius 2 is 1.93 bits per heavy atom. The first kappa shape index (κ1) is 18.0. The van der Waals surface area contributed by atoms with Crippen LogP contribution >= 0.6 is 23.2 Å². The maximum absolute atomic E-state index is 12.7. The molecule has 0 bridgehead atoms. The Balaban J connectivity index is 1.39. The van der Waals surface area contributed by atoms with Gasteiger partial charge in [0.15, 0.2) is 5.58 Å². The van der Waals surface area contributed by atoms with Crippen LogP contribution < -0.4 is 0 Å². The van der Waals surface area contributed by atoms with Gasteiger partial charge in [-0.25, -0.2) is 9.78 Å². The van der Waals surface area contributed by atoms with Crippen LogP contribution in [0.5, 0.6) is 0 Å². The van der Waals surface area contributed by atoms with Gasteiger partial charge in [0.25, 0.3) is 0 Å². The lowest BCUT2D eigenvalue weighted by molar-refractivity contribution is 0.0237. The minimum absolute atomic E-state index is 0.0235. The Bertz CT molecular complexity index is 1040. The Kier molecular flexibility index (Phi) is 4.54. The fourth-order valence-electron chi connectivity index (χ4n) is 4.23. The van der Waals surface area contributed by atoms with E-state index in [0.29, 0.717) is 44.2 Å². The Morgan fingerprint density at radius 1 is 1.11 bits per heavy atom. The van der Waals surface area contributed by atoms with Crippen LogP contribution in [0.25, 0.3) is 22.6 Å². The number of hydrogen-bond donors (Lipinski definition) is 0. The molecular weight excluding hydrogens is 399 g/mol. The fraction of sp³-hybridized carbons (Fsp3) is 0.333. The molecule has 2 fully saturated rings. The van der Waals surface area contributed by atoms with Gasteiger partial charge < -0.3 is 9.15 Å². The molecule has 2 aliphatic rings. The molecule has 144 valence electrons. The number of carbonyl (C=O) groups excluding carboxylic acids is 1. The Morgan fingerprint density at radius 3 is 2.75 bits per heavy atom. The van der Waals surface area contributed by atoms with Crippen molar-refractivity contribution in [3.05, 3.63) is 52.0 Å². The summed E-state index contributed by atoms with van der Waals surface area (Å²) in [5.41, 5.74) is 2.33. The van der Waals surface area contributed by atoms with Crippen molar-refractivity contribution in [3.8, 4) is 11.5 Å². The number of aromatic nitrogens is 1. The van der Waals surface area contributed by atoms with Crippen LogP contribution in [0.15, 0.2) is 40.8 Å². The molecule has 1 aromatic heterocycles. The van der Waals surface area contributed by atoms with E-state index >= 15 is 0 Å². The average Bonchev–Trinajstić information content (AvgIpc) is 3.36. The third kappa shape index (κ3) is 3.28. The molecule has 0 unspecified atom stereocenters. The van der Waals surface area contributed by atoms with E-state index < -0.39 is 0 Å². The maximum Gasteiger partial charge on any atom is 0.338 e. The predicted octanol–water partition coefficient (Wildman–Crippen LogP) is 5.20. The lowest BCUT2D eigenvalue weighted by Crippen LogP contribution is -2.32. The first-order chi connectivity index (χ1) is 13.6. The molecule has 7 heteroatoms. The molecule has 2 aliphatic heterocycles. The van der Waals surface area contributed by atoms with Gasteiger partial charge in [0.1, 0.15) is 11.6 Å². The molecule has 5 rings (SSSR count). The minimum atomic E-state index is -0.315. The second-order valence-electron chi connectivity index (χ2n) is 7.34. The molecule has 0 radical (unpaired) electrons. The molecule has 2 atom stereocenters. The molecular formula is C21H18Cl2N2O3. The molecule has 0 aliphatic carbocycles. The summed E-state index contributed by atoms with van der Waals surface area (Å²) in [5, 5.41) is 1.01. The summed E-state index contributed by atoms with van der Waals surface area (Å²) in [4.78, 5) is 19.5. The van der Waals surface area contributed by atoms with Gasteiger partial charge in [-0.15, -0.1) is 0 Å². The van der Waals surface area contributed by atoms with Crippen molar-refractivity contribution < 1.29 is 13.9 Å². The summed E-state index contributed by atoms with van der Waals surface area (Å²) in [6, 6.07) is 10.7. The van der Waals surface area contributed by atoms with Crippen molar-refractivity contribution in [2.24, 2.45) is 0 Å². The van der Waals surface area contributed by atoms with E-state index in [-0.39, 0.29) is 12.1 Å². The van der Waals surface area contributed by atoms with Gasteiger partial charge in [0.05, 0.1) is 5.56 Å². The maximum atomic E-state index is 12.7. The molecule has 0 saturated carbocycles. The average molecular weight is 417 g/mol. The van der Waals surface area contributed by atoms with Gasteiger partial charge >= 0.3 is 5.97 Å². The number of rotatable bonds is 3. The molecule has 5 nitrogen and oxygen atoms in total. The SMILES string of the molecule is O=C(O[C@H]1CCN2CCC[C@@H]12)c1ccc2nc(-c3cc(Cl)cc(Cl)c3)oc2c1. The van der Waals surface area contributed by atoms with Crippen LogP contribution in [0.1, 0.15) is 29.6 Å². The lowest BCUT2D eigenvalue weighted by Gasteiger charge is -2.20. The second-order valence-corrected chi connectivity index (χ2v) is 8.21. The van der Waals surface area contributed by atoms with Crippen LogP contribution in [0, 0.1) is 0 Å². The normalized spacial score (nSPS) is 21.9. The highest BCUT2D eigenvalue weighted by atomic mass is 35.5. The standard InChI is InChI=1S/C21H18Cl2N2O3/c22-14-8-13(9-15(23)11-14)20-24-16-4-3-12(10-19(16)27-20)21(26)28-18-5-7-25-6-1-2-17(18)25/h3-4,8-11,17-18H,1-2,5-7H2/t17-,18-/m0/s1. The van der Waals surface area contributed by atoms with E-state index in [1.807, 2.05) is 0 Å². The fourth-order valence-corrected chi connectivity index (χ4v) is 4.76. The summed E-state index contributed by atoms with van der Waals surface area (Å²) in [6.07, 6.45) is 3.16. The number of nitrogens with zero attached hydrogens (tertiary/aromatic N) is 2. The van der Waals surface area contributed by atoms with E-state index in [2.05, 4.69) is 9.88 Å². The first-order valence-corrected chi connectivity index (χ1v) is 10.1. The van der Waals surface area contributed by atoms with Crippen LogP contribution in [-0.2, 0) is 4.74 Å². The molecule has 28 heavy (non-hydrogen) atoms. The summed E-state index contributed by atoms with van der Waals surface area (Å²) in [5.74, 6) is 0.0895. The zero-order chi connectivity index (χ0) is 19.3. The molecule has 0 N–H and O–H groups in total. The number of oxazole rings is 1. The van der Waals surface area contributed by atoms with Gasteiger partial charge in [-0.3, -0.25) is 4.90 Å². The van der Waals surface area contributed by atoms with Crippen LogP contribution in [0.3, 0.4) is 0 Å². The number of ether oxygens (including phenoxy) is 1. The van der Waals surface area contributed by atoms with Gasteiger partial charge in [0, 0.05) is 28.2 Å². The van der Waals surface area contributed by atoms with Crippen molar-refractivity contribution in [3.63, 3.8) is 0 Å². The lowest BCUT2D eigenvalue weighted by atomic mass is 10.1. The number of esters is 1.